The lowest BCUT2D eigenvalue weighted by molar-refractivity contribution is 0.401. The molecule has 0 spiro atoms. The van der Waals surface area contributed by atoms with Crippen LogP contribution >= 0.6 is 0 Å². The molecular weight excluding hydrogens is 365 g/mol. The molecular formula is C24H16FN3O. The Balaban J connectivity index is 1.74. The molecule has 5 heteroatoms. The smallest absolute Gasteiger partial charge is 0.268 e. The van der Waals surface area contributed by atoms with E-state index in [4.69, 9.17) is 4.52 Å². The van der Waals surface area contributed by atoms with Gasteiger partial charge in [-0.05, 0) is 34.9 Å². The maximum absolute atomic E-state index is 13.1. The van der Waals surface area contributed by atoms with Gasteiger partial charge >= 0.3 is 0 Å². The fourth-order valence-corrected chi connectivity index (χ4v) is 3.11. The molecule has 1 aromatic heterocycles. The Morgan fingerprint density at radius 3 is 2.03 bits per heavy atom. The molecule has 0 fully saturated rings. The van der Waals surface area contributed by atoms with E-state index in [1.807, 2.05) is 60.7 Å². The van der Waals surface area contributed by atoms with Crippen molar-refractivity contribution < 1.29 is 8.91 Å². The summed E-state index contributed by atoms with van der Waals surface area (Å²) in [6.45, 7) is 0. The Labute approximate surface area is 167 Å². The van der Waals surface area contributed by atoms with Crippen LogP contribution in [0.2, 0.25) is 0 Å². The molecule has 4 aromatic rings. The summed E-state index contributed by atoms with van der Waals surface area (Å²) in [4.78, 5) is 4.51. The molecule has 0 aliphatic heterocycles. The summed E-state index contributed by atoms with van der Waals surface area (Å²) in [5.74, 6) is 0.0382. The van der Waals surface area contributed by atoms with E-state index in [1.54, 1.807) is 18.2 Å². The van der Waals surface area contributed by atoms with Crippen molar-refractivity contribution in [2.75, 3.05) is 0 Å². The summed E-state index contributed by atoms with van der Waals surface area (Å²) >= 11 is 0. The first-order valence-corrected chi connectivity index (χ1v) is 9.06. The molecule has 0 atom stereocenters. The van der Waals surface area contributed by atoms with Crippen LogP contribution < -0.4 is 0 Å². The van der Waals surface area contributed by atoms with Crippen LogP contribution in [-0.4, -0.2) is 10.1 Å². The summed E-state index contributed by atoms with van der Waals surface area (Å²) in [5, 5.41) is 13.7. The Morgan fingerprint density at radius 2 is 1.48 bits per heavy atom. The van der Waals surface area contributed by atoms with Gasteiger partial charge in [0.25, 0.3) is 5.89 Å². The Morgan fingerprint density at radius 1 is 0.897 bits per heavy atom. The third-order valence-corrected chi connectivity index (χ3v) is 4.50. The van der Waals surface area contributed by atoms with Gasteiger partial charge in [-0.3, -0.25) is 0 Å². The van der Waals surface area contributed by atoms with E-state index < -0.39 is 0 Å². The van der Waals surface area contributed by atoms with E-state index in [1.165, 1.54) is 12.1 Å². The highest BCUT2D eigenvalue weighted by molar-refractivity contribution is 5.86. The van der Waals surface area contributed by atoms with Gasteiger partial charge in [-0.2, -0.15) is 10.2 Å². The lowest BCUT2D eigenvalue weighted by Gasteiger charge is -2.13. The van der Waals surface area contributed by atoms with Crippen molar-refractivity contribution in [3.63, 3.8) is 0 Å². The van der Waals surface area contributed by atoms with Crippen LogP contribution in [-0.2, 0) is 0 Å². The minimum atomic E-state index is -0.339. The number of halogens is 1. The molecule has 1 heterocycles. The number of hydrogen-bond donors (Lipinski definition) is 0. The molecule has 0 aliphatic rings. The highest BCUT2D eigenvalue weighted by Crippen LogP contribution is 2.30. The molecule has 0 amide bonds. The predicted octanol–water partition coefficient (Wildman–Crippen LogP) is 5.45. The van der Waals surface area contributed by atoms with Crippen molar-refractivity contribution in [2.24, 2.45) is 0 Å². The average molecular weight is 381 g/mol. The fourth-order valence-electron chi connectivity index (χ4n) is 3.11. The molecule has 0 N–H and O–H groups in total. The van der Waals surface area contributed by atoms with Crippen molar-refractivity contribution >= 4 is 11.6 Å². The molecule has 29 heavy (non-hydrogen) atoms. The second-order valence-corrected chi connectivity index (χ2v) is 6.43. The monoisotopic (exact) mass is 381 g/mol. The number of nitrogens with zero attached hydrogens (tertiary/aromatic N) is 3. The van der Waals surface area contributed by atoms with Gasteiger partial charge in [-0.1, -0.05) is 78.0 Å². The molecule has 4 rings (SSSR count). The SMILES string of the molecule is N#C/C(=C\c1ccc(F)cc1)c1nc(C(c2ccccc2)c2ccccc2)no1. The largest absolute Gasteiger partial charge is 0.333 e. The van der Waals surface area contributed by atoms with Crippen LogP contribution in [0.3, 0.4) is 0 Å². The Bertz CT molecular complexity index is 1120. The highest BCUT2D eigenvalue weighted by Gasteiger charge is 2.23. The minimum Gasteiger partial charge on any atom is -0.333 e. The normalized spacial score (nSPS) is 11.4. The highest BCUT2D eigenvalue weighted by atomic mass is 19.1. The number of hydrogen-bond acceptors (Lipinski definition) is 4. The summed E-state index contributed by atoms with van der Waals surface area (Å²) < 4.78 is 18.5. The first-order chi connectivity index (χ1) is 14.2. The Kier molecular flexibility index (Phi) is 5.26. The van der Waals surface area contributed by atoms with Gasteiger partial charge in [-0.25, -0.2) is 4.39 Å². The number of aromatic nitrogens is 2. The van der Waals surface area contributed by atoms with Crippen molar-refractivity contribution in [1.82, 2.24) is 10.1 Å². The maximum atomic E-state index is 13.1. The zero-order chi connectivity index (χ0) is 20.1. The van der Waals surface area contributed by atoms with Gasteiger partial charge in [0.1, 0.15) is 17.5 Å². The van der Waals surface area contributed by atoms with Gasteiger partial charge < -0.3 is 4.52 Å². The second-order valence-electron chi connectivity index (χ2n) is 6.43. The van der Waals surface area contributed by atoms with Gasteiger partial charge in [0.2, 0.25) is 0 Å². The van der Waals surface area contributed by atoms with Crippen molar-refractivity contribution in [3.8, 4) is 6.07 Å². The summed E-state index contributed by atoms with van der Waals surface area (Å²) in [7, 11) is 0. The summed E-state index contributed by atoms with van der Waals surface area (Å²) in [6.07, 6.45) is 1.59. The van der Waals surface area contributed by atoms with Crippen LogP contribution in [0, 0.1) is 17.1 Å². The van der Waals surface area contributed by atoms with E-state index in [-0.39, 0.29) is 23.2 Å². The number of rotatable bonds is 5. The van der Waals surface area contributed by atoms with E-state index in [0.29, 0.717) is 11.4 Å². The van der Waals surface area contributed by atoms with Gasteiger partial charge in [0, 0.05) is 0 Å². The first-order valence-electron chi connectivity index (χ1n) is 9.06. The number of allylic oxidation sites excluding steroid dienone is 1. The van der Waals surface area contributed by atoms with E-state index in [0.717, 1.165) is 11.1 Å². The Hall–Kier alpha value is -4.04. The second kappa shape index (κ2) is 8.32. The lowest BCUT2D eigenvalue weighted by Crippen LogP contribution is -2.05. The topological polar surface area (TPSA) is 62.7 Å². The standard InChI is InChI=1S/C24H16FN3O/c25-21-13-11-17(12-14-21)15-20(16-26)24-27-23(28-29-24)22(18-7-3-1-4-8-18)19-9-5-2-6-10-19/h1-15,22H/b20-15+. The number of benzene rings is 3. The van der Waals surface area contributed by atoms with Crippen molar-refractivity contribution in [3.05, 3.63) is 119 Å². The summed E-state index contributed by atoms with van der Waals surface area (Å²) in [6, 6.07) is 27.7. The molecule has 4 nitrogen and oxygen atoms in total. The third kappa shape index (κ3) is 4.12. The molecule has 140 valence electrons. The van der Waals surface area contributed by atoms with Gasteiger partial charge in [0.05, 0.1) is 5.92 Å². The molecule has 3 aromatic carbocycles. The fraction of sp³-hybridized carbons (Fsp3) is 0.0417. The van der Waals surface area contributed by atoms with Crippen LogP contribution in [0.15, 0.2) is 89.5 Å². The average Bonchev–Trinajstić information content (AvgIpc) is 3.24. The number of nitriles is 1. The zero-order valence-electron chi connectivity index (χ0n) is 15.4. The molecule has 0 aliphatic carbocycles. The van der Waals surface area contributed by atoms with E-state index >= 15 is 0 Å². The van der Waals surface area contributed by atoms with Crippen LogP contribution in [0.5, 0.6) is 0 Å². The predicted molar refractivity (Wildman–Crippen MR) is 108 cm³/mol. The van der Waals surface area contributed by atoms with E-state index in [2.05, 4.69) is 16.2 Å². The zero-order valence-corrected chi connectivity index (χ0v) is 15.4. The van der Waals surface area contributed by atoms with Crippen LogP contribution in [0.25, 0.3) is 11.6 Å². The maximum Gasteiger partial charge on any atom is 0.268 e. The molecule has 0 unspecified atom stereocenters. The quantitative estimate of drug-likeness (QED) is 0.431. The first kappa shape index (κ1) is 18.3. The molecule has 0 radical (unpaired) electrons. The third-order valence-electron chi connectivity index (χ3n) is 4.50. The lowest BCUT2D eigenvalue weighted by atomic mass is 9.91. The van der Waals surface area contributed by atoms with Crippen molar-refractivity contribution in [2.45, 2.75) is 5.92 Å². The van der Waals surface area contributed by atoms with Crippen LogP contribution in [0.4, 0.5) is 4.39 Å². The van der Waals surface area contributed by atoms with Gasteiger partial charge in [0.15, 0.2) is 5.82 Å². The molecule has 0 saturated heterocycles. The molecule has 0 saturated carbocycles. The van der Waals surface area contributed by atoms with Gasteiger partial charge in [-0.15, -0.1) is 0 Å². The van der Waals surface area contributed by atoms with Crippen LogP contribution in [0.1, 0.15) is 34.3 Å². The van der Waals surface area contributed by atoms with Crippen molar-refractivity contribution in [1.29, 1.82) is 5.26 Å². The summed E-state index contributed by atoms with van der Waals surface area (Å²) in [5.41, 5.74) is 2.93. The van der Waals surface area contributed by atoms with E-state index in [9.17, 15) is 9.65 Å². The molecule has 0 bridgehead atoms. The minimum absolute atomic E-state index is 0.128.